The van der Waals surface area contributed by atoms with Gasteiger partial charge >= 0.3 is 0 Å². The fourth-order valence-corrected chi connectivity index (χ4v) is 8.85. The lowest BCUT2D eigenvalue weighted by Gasteiger charge is -2.28. The molecular formula is C52H34N2O. The fourth-order valence-electron chi connectivity index (χ4n) is 8.85. The van der Waals surface area contributed by atoms with Gasteiger partial charge in [-0.2, -0.15) is 0 Å². The molecule has 3 heteroatoms. The second kappa shape index (κ2) is 12.2. The van der Waals surface area contributed by atoms with Gasteiger partial charge in [0.05, 0.1) is 11.4 Å². The van der Waals surface area contributed by atoms with Crippen LogP contribution in [0.3, 0.4) is 0 Å². The molecule has 0 fully saturated rings. The van der Waals surface area contributed by atoms with Gasteiger partial charge in [-0.25, -0.2) is 9.97 Å². The number of aromatic nitrogens is 2. The van der Waals surface area contributed by atoms with Gasteiger partial charge in [-0.3, -0.25) is 0 Å². The predicted molar refractivity (Wildman–Crippen MR) is 226 cm³/mol. The van der Waals surface area contributed by atoms with Gasteiger partial charge in [-0.1, -0.05) is 164 Å². The zero-order chi connectivity index (χ0) is 36.5. The maximum atomic E-state index is 6.29. The third kappa shape index (κ3) is 4.90. The highest BCUT2D eigenvalue weighted by molar-refractivity contribution is 6.19. The SMILES string of the molecule is CC1(c2ccccc2)c2ccccc2-c2c(-c3cc(-c4ccc(-c5ccc6oc7ccc8ccccc8c7c6c5)cc4)nc(-c4ccccc4)n3)cccc21. The Hall–Kier alpha value is -7.10. The summed E-state index contributed by atoms with van der Waals surface area (Å²) in [7, 11) is 0. The van der Waals surface area contributed by atoms with Crippen LogP contribution in [-0.2, 0) is 5.41 Å². The number of fused-ring (bicyclic) bond motifs is 8. The van der Waals surface area contributed by atoms with Gasteiger partial charge in [-0.15, -0.1) is 0 Å². The molecule has 8 aromatic carbocycles. The largest absolute Gasteiger partial charge is 0.456 e. The molecular weight excluding hydrogens is 669 g/mol. The molecule has 1 atom stereocenters. The van der Waals surface area contributed by atoms with Crippen LogP contribution in [0.4, 0.5) is 0 Å². The normalized spacial score (nSPS) is 14.7. The number of hydrogen-bond donors (Lipinski definition) is 0. The molecule has 11 rings (SSSR count). The number of furan rings is 1. The van der Waals surface area contributed by atoms with Crippen molar-refractivity contribution in [2.75, 3.05) is 0 Å². The molecule has 55 heavy (non-hydrogen) atoms. The molecule has 0 bridgehead atoms. The Morgan fingerprint density at radius 1 is 0.436 bits per heavy atom. The summed E-state index contributed by atoms with van der Waals surface area (Å²) in [5.74, 6) is 0.705. The van der Waals surface area contributed by atoms with Gasteiger partial charge in [0.15, 0.2) is 5.82 Å². The molecule has 2 aromatic heterocycles. The molecule has 2 heterocycles. The highest BCUT2D eigenvalue weighted by Crippen LogP contribution is 2.55. The lowest BCUT2D eigenvalue weighted by atomic mass is 9.74. The van der Waals surface area contributed by atoms with E-state index < -0.39 is 0 Å². The molecule has 0 spiro atoms. The van der Waals surface area contributed by atoms with E-state index in [-0.39, 0.29) is 5.41 Å². The first kappa shape index (κ1) is 31.4. The van der Waals surface area contributed by atoms with Crippen LogP contribution >= 0.6 is 0 Å². The molecule has 1 aliphatic rings. The van der Waals surface area contributed by atoms with Crippen LogP contribution < -0.4 is 0 Å². The van der Waals surface area contributed by atoms with E-state index in [2.05, 4.69) is 177 Å². The van der Waals surface area contributed by atoms with Crippen LogP contribution in [0, 0.1) is 0 Å². The van der Waals surface area contributed by atoms with E-state index in [1.807, 2.05) is 18.2 Å². The van der Waals surface area contributed by atoms with Crippen molar-refractivity contribution in [2.24, 2.45) is 0 Å². The summed E-state index contributed by atoms with van der Waals surface area (Å²) in [4.78, 5) is 10.5. The average Bonchev–Trinajstić information content (AvgIpc) is 3.77. The molecule has 0 amide bonds. The quantitative estimate of drug-likeness (QED) is 0.179. The van der Waals surface area contributed by atoms with Gasteiger partial charge < -0.3 is 4.42 Å². The van der Waals surface area contributed by atoms with Crippen molar-refractivity contribution in [3.63, 3.8) is 0 Å². The van der Waals surface area contributed by atoms with Crippen molar-refractivity contribution in [1.82, 2.24) is 9.97 Å². The van der Waals surface area contributed by atoms with Crippen molar-refractivity contribution in [3.05, 3.63) is 205 Å². The van der Waals surface area contributed by atoms with Crippen molar-refractivity contribution in [1.29, 1.82) is 0 Å². The molecule has 0 N–H and O–H groups in total. The van der Waals surface area contributed by atoms with Crippen molar-refractivity contribution >= 4 is 32.7 Å². The van der Waals surface area contributed by atoms with Crippen LogP contribution in [0.2, 0.25) is 0 Å². The summed E-state index contributed by atoms with van der Waals surface area (Å²) in [6.07, 6.45) is 0. The van der Waals surface area contributed by atoms with Gasteiger partial charge in [0.25, 0.3) is 0 Å². The standard InChI is InChI=1S/C52H34N2O/c1-52(38-16-6-3-7-17-38)43-21-11-10-19-40(43)49-41(20-12-22-44(49)52)46-32-45(53-51(54-46)36-14-4-2-5-15-36)35-25-23-33(24-26-35)37-28-29-47-42(31-37)50-39-18-9-8-13-34(39)27-30-48(50)55-47/h2-32H,1H3. The van der Waals surface area contributed by atoms with Gasteiger partial charge in [0.1, 0.15) is 11.2 Å². The summed E-state index contributed by atoms with van der Waals surface area (Å²) < 4.78 is 6.29. The Kier molecular flexibility index (Phi) is 6.99. The Bertz CT molecular complexity index is 3090. The third-order valence-corrected chi connectivity index (χ3v) is 11.6. The van der Waals surface area contributed by atoms with E-state index in [0.717, 1.165) is 61.1 Å². The van der Waals surface area contributed by atoms with Crippen LogP contribution in [0.15, 0.2) is 192 Å². The summed E-state index contributed by atoms with van der Waals surface area (Å²) in [5, 5.41) is 4.70. The zero-order valence-electron chi connectivity index (χ0n) is 30.2. The zero-order valence-corrected chi connectivity index (χ0v) is 30.2. The molecule has 0 saturated heterocycles. The van der Waals surface area contributed by atoms with Gasteiger partial charge in [-0.05, 0) is 80.9 Å². The minimum atomic E-state index is -0.296. The van der Waals surface area contributed by atoms with Crippen LogP contribution in [-0.4, -0.2) is 9.97 Å². The second-order valence-electron chi connectivity index (χ2n) is 14.6. The topological polar surface area (TPSA) is 38.9 Å². The summed E-state index contributed by atoms with van der Waals surface area (Å²) in [6, 6.07) is 66.8. The maximum absolute atomic E-state index is 6.29. The predicted octanol–water partition coefficient (Wildman–Crippen LogP) is 13.5. The Morgan fingerprint density at radius 3 is 1.95 bits per heavy atom. The van der Waals surface area contributed by atoms with Crippen molar-refractivity contribution in [3.8, 4) is 56.2 Å². The second-order valence-corrected chi connectivity index (χ2v) is 14.6. The molecule has 0 aliphatic heterocycles. The van der Waals surface area contributed by atoms with E-state index in [1.54, 1.807) is 0 Å². The Morgan fingerprint density at radius 2 is 1.09 bits per heavy atom. The average molecular weight is 703 g/mol. The lowest BCUT2D eigenvalue weighted by Crippen LogP contribution is -2.22. The summed E-state index contributed by atoms with van der Waals surface area (Å²) in [6.45, 7) is 2.36. The van der Waals surface area contributed by atoms with Crippen molar-refractivity contribution < 1.29 is 4.42 Å². The first-order chi connectivity index (χ1) is 27.1. The lowest BCUT2D eigenvalue weighted by molar-refractivity contribution is 0.669. The van der Waals surface area contributed by atoms with E-state index in [0.29, 0.717) is 5.82 Å². The Balaban J connectivity index is 1.05. The fraction of sp³-hybridized carbons (Fsp3) is 0.0385. The molecule has 258 valence electrons. The van der Waals surface area contributed by atoms with Crippen LogP contribution in [0.25, 0.3) is 88.9 Å². The number of nitrogens with zero attached hydrogens (tertiary/aromatic N) is 2. The minimum absolute atomic E-state index is 0.296. The maximum Gasteiger partial charge on any atom is 0.160 e. The molecule has 1 unspecified atom stereocenters. The highest BCUT2D eigenvalue weighted by Gasteiger charge is 2.41. The monoisotopic (exact) mass is 702 g/mol. The number of benzene rings is 8. The smallest absolute Gasteiger partial charge is 0.160 e. The van der Waals surface area contributed by atoms with E-state index in [4.69, 9.17) is 14.4 Å². The minimum Gasteiger partial charge on any atom is -0.456 e. The van der Waals surface area contributed by atoms with E-state index >= 15 is 0 Å². The molecule has 3 nitrogen and oxygen atoms in total. The van der Waals surface area contributed by atoms with E-state index in [1.165, 1.54) is 38.6 Å². The molecule has 0 saturated carbocycles. The third-order valence-electron chi connectivity index (χ3n) is 11.6. The first-order valence-corrected chi connectivity index (χ1v) is 18.8. The summed E-state index contributed by atoms with van der Waals surface area (Å²) in [5.41, 5.74) is 15.1. The van der Waals surface area contributed by atoms with Gasteiger partial charge in [0, 0.05) is 32.9 Å². The van der Waals surface area contributed by atoms with E-state index in [9.17, 15) is 0 Å². The van der Waals surface area contributed by atoms with Crippen LogP contribution in [0.1, 0.15) is 23.6 Å². The summed E-state index contributed by atoms with van der Waals surface area (Å²) >= 11 is 0. The molecule has 10 aromatic rings. The number of rotatable bonds is 5. The Labute approximate surface area is 319 Å². The van der Waals surface area contributed by atoms with Crippen LogP contribution in [0.5, 0.6) is 0 Å². The number of hydrogen-bond acceptors (Lipinski definition) is 3. The molecule has 0 radical (unpaired) electrons. The van der Waals surface area contributed by atoms with Gasteiger partial charge in [0.2, 0.25) is 0 Å². The first-order valence-electron chi connectivity index (χ1n) is 18.8. The van der Waals surface area contributed by atoms with Crippen molar-refractivity contribution in [2.45, 2.75) is 12.3 Å². The molecule has 1 aliphatic carbocycles. The highest BCUT2D eigenvalue weighted by atomic mass is 16.3.